The number of halogens is 1. The Labute approximate surface area is 138 Å². The van der Waals surface area contributed by atoms with Gasteiger partial charge in [-0.25, -0.2) is 4.39 Å². The molecule has 122 valence electrons. The zero-order chi connectivity index (χ0) is 16.1. The lowest BCUT2D eigenvalue weighted by Gasteiger charge is -2.38. The maximum absolute atomic E-state index is 13.8. The summed E-state index contributed by atoms with van der Waals surface area (Å²) in [5, 5.41) is 0. The molecule has 23 heavy (non-hydrogen) atoms. The second kappa shape index (κ2) is 7.71. The largest absolute Gasteiger partial charge is 0.298 e. The molecule has 1 fully saturated rings. The van der Waals surface area contributed by atoms with Crippen LogP contribution in [0.1, 0.15) is 18.1 Å². The fourth-order valence-corrected chi connectivity index (χ4v) is 3.32. The SMILES string of the molecule is CC(Cc1ccccc1F)N1CCN(Cc2ccccc2)CC1. The zero-order valence-electron chi connectivity index (χ0n) is 13.8. The molecule has 0 aromatic heterocycles. The fraction of sp³-hybridized carbons (Fsp3) is 0.400. The monoisotopic (exact) mass is 312 g/mol. The molecule has 2 nitrogen and oxygen atoms in total. The van der Waals surface area contributed by atoms with Crippen LogP contribution in [-0.2, 0) is 13.0 Å². The van der Waals surface area contributed by atoms with E-state index < -0.39 is 0 Å². The summed E-state index contributed by atoms with van der Waals surface area (Å²) in [5.74, 6) is -0.0814. The van der Waals surface area contributed by atoms with Gasteiger partial charge in [0.25, 0.3) is 0 Å². The third-order valence-electron chi connectivity index (χ3n) is 4.75. The lowest BCUT2D eigenvalue weighted by Crippen LogP contribution is -2.49. The highest BCUT2D eigenvalue weighted by Gasteiger charge is 2.21. The predicted octanol–water partition coefficient (Wildman–Crippen LogP) is 3.57. The molecule has 2 aromatic carbocycles. The van der Waals surface area contributed by atoms with E-state index in [0.29, 0.717) is 6.04 Å². The smallest absolute Gasteiger partial charge is 0.126 e. The normalized spacial score (nSPS) is 18.0. The summed E-state index contributed by atoms with van der Waals surface area (Å²) in [4.78, 5) is 4.98. The molecule has 1 aliphatic heterocycles. The van der Waals surface area contributed by atoms with Gasteiger partial charge >= 0.3 is 0 Å². The number of rotatable bonds is 5. The Hall–Kier alpha value is -1.71. The summed E-state index contributed by atoms with van der Waals surface area (Å²) in [6.45, 7) is 7.51. The summed E-state index contributed by atoms with van der Waals surface area (Å²) in [5.41, 5.74) is 2.20. The summed E-state index contributed by atoms with van der Waals surface area (Å²) in [7, 11) is 0. The Bertz CT molecular complexity index is 606. The lowest BCUT2D eigenvalue weighted by atomic mass is 10.0. The van der Waals surface area contributed by atoms with Crippen LogP contribution < -0.4 is 0 Å². The second-order valence-electron chi connectivity index (χ2n) is 6.44. The summed E-state index contributed by atoms with van der Waals surface area (Å²) in [6, 6.07) is 18.1. The third kappa shape index (κ3) is 4.40. The molecule has 1 unspecified atom stereocenters. The minimum Gasteiger partial charge on any atom is -0.298 e. The maximum Gasteiger partial charge on any atom is 0.126 e. The van der Waals surface area contributed by atoms with Crippen molar-refractivity contribution >= 4 is 0 Å². The Morgan fingerprint density at radius 2 is 1.57 bits per heavy atom. The number of piperazine rings is 1. The Kier molecular flexibility index (Phi) is 5.42. The van der Waals surface area contributed by atoms with Crippen LogP contribution >= 0.6 is 0 Å². The molecule has 0 radical (unpaired) electrons. The van der Waals surface area contributed by atoms with Crippen LogP contribution in [0.15, 0.2) is 54.6 Å². The summed E-state index contributed by atoms with van der Waals surface area (Å²) >= 11 is 0. The number of hydrogen-bond donors (Lipinski definition) is 0. The van der Waals surface area contributed by atoms with Crippen LogP contribution in [0.3, 0.4) is 0 Å². The Morgan fingerprint density at radius 1 is 0.913 bits per heavy atom. The Morgan fingerprint density at radius 3 is 2.26 bits per heavy atom. The summed E-state index contributed by atoms with van der Waals surface area (Å²) in [6.07, 6.45) is 0.783. The van der Waals surface area contributed by atoms with Gasteiger partial charge in [-0.3, -0.25) is 9.80 Å². The molecule has 0 spiro atoms. The van der Waals surface area contributed by atoms with Crippen molar-refractivity contribution < 1.29 is 4.39 Å². The van der Waals surface area contributed by atoms with Crippen LogP contribution in [0.5, 0.6) is 0 Å². The van der Waals surface area contributed by atoms with Crippen molar-refractivity contribution in [1.82, 2.24) is 9.80 Å². The maximum atomic E-state index is 13.8. The molecule has 0 N–H and O–H groups in total. The topological polar surface area (TPSA) is 6.48 Å². The minimum absolute atomic E-state index is 0.0814. The first-order valence-corrected chi connectivity index (χ1v) is 8.46. The average molecular weight is 312 g/mol. The van der Waals surface area contributed by atoms with Gasteiger partial charge in [0.15, 0.2) is 0 Å². The van der Waals surface area contributed by atoms with E-state index in [2.05, 4.69) is 47.1 Å². The standard InChI is InChI=1S/C20H25FN2/c1-17(15-19-9-5-6-10-20(19)21)23-13-11-22(12-14-23)16-18-7-3-2-4-8-18/h2-10,17H,11-16H2,1H3. The van der Waals surface area contributed by atoms with Crippen LogP contribution in [0, 0.1) is 5.82 Å². The molecule has 0 saturated carbocycles. The molecule has 1 atom stereocenters. The quantitative estimate of drug-likeness (QED) is 0.833. The molecule has 1 heterocycles. The molecule has 3 heteroatoms. The fourth-order valence-electron chi connectivity index (χ4n) is 3.32. The molecule has 0 aliphatic carbocycles. The van der Waals surface area contributed by atoms with E-state index in [1.807, 2.05) is 12.1 Å². The first-order chi connectivity index (χ1) is 11.2. The lowest BCUT2D eigenvalue weighted by molar-refractivity contribution is 0.0975. The van der Waals surface area contributed by atoms with Gasteiger partial charge in [0.2, 0.25) is 0 Å². The van der Waals surface area contributed by atoms with E-state index in [4.69, 9.17) is 0 Å². The molecule has 1 saturated heterocycles. The molecule has 0 bridgehead atoms. The average Bonchev–Trinajstić information content (AvgIpc) is 2.58. The highest BCUT2D eigenvalue weighted by Crippen LogP contribution is 2.15. The number of hydrogen-bond acceptors (Lipinski definition) is 2. The molecule has 2 aromatic rings. The van der Waals surface area contributed by atoms with Crippen molar-refractivity contribution in [2.24, 2.45) is 0 Å². The van der Waals surface area contributed by atoms with Crippen molar-refractivity contribution in [3.05, 3.63) is 71.5 Å². The molecular formula is C20H25FN2. The zero-order valence-corrected chi connectivity index (χ0v) is 13.8. The van der Waals surface area contributed by atoms with Crippen molar-refractivity contribution in [2.45, 2.75) is 25.9 Å². The first-order valence-electron chi connectivity index (χ1n) is 8.46. The van der Waals surface area contributed by atoms with E-state index >= 15 is 0 Å². The summed E-state index contributed by atoms with van der Waals surface area (Å²) < 4.78 is 13.8. The van der Waals surface area contributed by atoms with Gasteiger partial charge < -0.3 is 0 Å². The number of nitrogens with zero attached hydrogens (tertiary/aromatic N) is 2. The van der Waals surface area contributed by atoms with E-state index in [-0.39, 0.29) is 5.82 Å². The second-order valence-corrected chi connectivity index (χ2v) is 6.44. The van der Waals surface area contributed by atoms with E-state index in [0.717, 1.165) is 44.7 Å². The van der Waals surface area contributed by atoms with E-state index in [1.165, 1.54) is 5.56 Å². The molecule has 0 amide bonds. The van der Waals surface area contributed by atoms with Crippen molar-refractivity contribution in [3.63, 3.8) is 0 Å². The van der Waals surface area contributed by atoms with Gasteiger partial charge in [0.05, 0.1) is 0 Å². The van der Waals surface area contributed by atoms with E-state index in [9.17, 15) is 4.39 Å². The van der Waals surface area contributed by atoms with Crippen molar-refractivity contribution in [3.8, 4) is 0 Å². The highest BCUT2D eigenvalue weighted by atomic mass is 19.1. The predicted molar refractivity (Wildman–Crippen MR) is 92.9 cm³/mol. The van der Waals surface area contributed by atoms with Gasteiger partial charge in [-0.2, -0.15) is 0 Å². The Balaban J connectivity index is 1.49. The van der Waals surface area contributed by atoms with Crippen LogP contribution in [-0.4, -0.2) is 42.0 Å². The molecule has 1 aliphatic rings. The van der Waals surface area contributed by atoms with Gasteiger partial charge in [0.1, 0.15) is 5.82 Å². The van der Waals surface area contributed by atoms with Crippen LogP contribution in [0.4, 0.5) is 4.39 Å². The van der Waals surface area contributed by atoms with Gasteiger partial charge in [0, 0.05) is 38.8 Å². The van der Waals surface area contributed by atoms with Crippen molar-refractivity contribution in [1.29, 1.82) is 0 Å². The van der Waals surface area contributed by atoms with Gasteiger partial charge in [-0.1, -0.05) is 48.5 Å². The first kappa shape index (κ1) is 16.2. The van der Waals surface area contributed by atoms with Crippen LogP contribution in [0.25, 0.3) is 0 Å². The van der Waals surface area contributed by atoms with Crippen molar-refractivity contribution in [2.75, 3.05) is 26.2 Å². The van der Waals surface area contributed by atoms with E-state index in [1.54, 1.807) is 12.1 Å². The minimum atomic E-state index is -0.0814. The number of benzene rings is 2. The molecular weight excluding hydrogens is 287 g/mol. The highest BCUT2D eigenvalue weighted by molar-refractivity contribution is 5.18. The van der Waals surface area contributed by atoms with Crippen LogP contribution in [0.2, 0.25) is 0 Å². The van der Waals surface area contributed by atoms with Gasteiger partial charge in [-0.15, -0.1) is 0 Å². The molecule has 3 rings (SSSR count). The third-order valence-corrected chi connectivity index (χ3v) is 4.75. The van der Waals surface area contributed by atoms with Gasteiger partial charge in [-0.05, 0) is 30.5 Å².